The van der Waals surface area contributed by atoms with Crippen LogP contribution in [0.3, 0.4) is 0 Å². The molecule has 7 nitrogen and oxygen atoms in total. The van der Waals surface area contributed by atoms with E-state index in [2.05, 4.69) is 5.32 Å². The van der Waals surface area contributed by atoms with Gasteiger partial charge in [0.1, 0.15) is 10.6 Å². The number of carbonyl (C=O) groups is 1. The molecule has 2 fully saturated rings. The molecule has 1 aromatic carbocycles. The third kappa shape index (κ3) is 4.79. The number of rotatable bonds is 6. The highest BCUT2D eigenvalue weighted by atomic mass is 35.5. The van der Waals surface area contributed by atoms with E-state index in [1.54, 1.807) is 12.1 Å². The van der Waals surface area contributed by atoms with Gasteiger partial charge in [0.25, 0.3) is 0 Å². The summed E-state index contributed by atoms with van der Waals surface area (Å²) in [4.78, 5) is 12.7. The third-order valence-electron chi connectivity index (χ3n) is 5.38. The molecular weight excluding hydrogens is 402 g/mol. The Labute approximate surface area is 173 Å². The maximum Gasteiger partial charge on any atom is 0.246 e. The standard InChI is InChI=1S/C19H29N3O4S.ClH/c1-2-26-16-9-8-15(21-18(23)19(20)10-4-5-11-19)14-17(16)27(24,25)22-12-6-3-7-13-22;/h8-9,14H,2-7,10-13,20H2,1H3,(H,21,23);1H. The number of sulfonamides is 1. The molecule has 1 saturated carbocycles. The molecule has 158 valence electrons. The van der Waals surface area contributed by atoms with Crippen molar-refractivity contribution in [1.82, 2.24) is 4.31 Å². The number of amides is 1. The zero-order valence-corrected chi connectivity index (χ0v) is 17.9. The highest BCUT2D eigenvalue weighted by Crippen LogP contribution is 2.33. The predicted octanol–water partition coefficient (Wildman–Crippen LogP) is 2.89. The van der Waals surface area contributed by atoms with Crippen molar-refractivity contribution in [2.75, 3.05) is 25.0 Å². The van der Waals surface area contributed by atoms with Crippen LogP contribution in [-0.2, 0) is 14.8 Å². The van der Waals surface area contributed by atoms with Crippen molar-refractivity contribution in [3.63, 3.8) is 0 Å². The van der Waals surface area contributed by atoms with E-state index in [-0.39, 0.29) is 23.2 Å². The molecule has 0 atom stereocenters. The van der Waals surface area contributed by atoms with Crippen LogP contribution in [0.2, 0.25) is 0 Å². The van der Waals surface area contributed by atoms with E-state index in [4.69, 9.17) is 10.5 Å². The van der Waals surface area contributed by atoms with Crippen LogP contribution in [0.4, 0.5) is 5.69 Å². The van der Waals surface area contributed by atoms with E-state index in [0.717, 1.165) is 32.1 Å². The summed E-state index contributed by atoms with van der Waals surface area (Å²) in [7, 11) is -3.68. The maximum atomic E-state index is 13.1. The first-order chi connectivity index (χ1) is 12.9. The Hall–Kier alpha value is -1.35. The van der Waals surface area contributed by atoms with Crippen molar-refractivity contribution in [2.45, 2.75) is 62.3 Å². The molecule has 0 unspecified atom stereocenters. The molecule has 1 aliphatic carbocycles. The van der Waals surface area contributed by atoms with Gasteiger partial charge in [-0.2, -0.15) is 4.31 Å². The molecule has 28 heavy (non-hydrogen) atoms. The second kappa shape index (κ2) is 9.43. The van der Waals surface area contributed by atoms with E-state index in [1.165, 1.54) is 10.4 Å². The van der Waals surface area contributed by atoms with Crippen LogP contribution in [-0.4, -0.2) is 43.9 Å². The fraction of sp³-hybridized carbons (Fsp3) is 0.632. The zero-order valence-electron chi connectivity index (χ0n) is 16.3. The average Bonchev–Trinajstić information content (AvgIpc) is 3.12. The lowest BCUT2D eigenvalue weighted by atomic mass is 9.98. The molecule has 2 aliphatic rings. The van der Waals surface area contributed by atoms with E-state index >= 15 is 0 Å². The second-order valence-electron chi connectivity index (χ2n) is 7.38. The SMILES string of the molecule is CCOc1ccc(NC(=O)C2(N)CCCC2)cc1S(=O)(=O)N1CCCCC1.Cl. The van der Waals surface area contributed by atoms with Gasteiger partial charge in [-0.15, -0.1) is 12.4 Å². The Bertz CT molecular complexity index is 788. The van der Waals surface area contributed by atoms with Crippen molar-refractivity contribution >= 4 is 34.0 Å². The number of halogens is 1. The number of hydrogen-bond acceptors (Lipinski definition) is 5. The quantitative estimate of drug-likeness (QED) is 0.721. The van der Waals surface area contributed by atoms with Crippen molar-refractivity contribution in [1.29, 1.82) is 0 Å². The van der Waals surface area contributed by atoms with Gasteiger partial charge in [-0.25, -0.2) is 8.42 Å². The molecule has 1 aromatic rings. The minimum absolute atomic E-state index is 0. The monoisotopic (exact) mass is 431 g/mol. The Kier molecular flexibility index (Phi) is 7.73. The number of anilines is 1. The van der Waals surface area contributed by atoms with Gasteiger partial charge in [0.15, 0.2) is 0 Å². The first kappa shape index (κ1) is 22.9. The van der Waals surface area contributed by atoms with Crippen LogP contribution in [0.5, 0.6) is 5.75 Å². The summed E-state index contributed by atoms with van der Waals surface area (Å²) >= 11 is 0. The van der Waals surface area contributed by atoms with E-state index in [0.29, 0.717) is 44.0 Å². The summed E-state index contributed by atoms with van der Waals surface area (Å²) in [5.74, 6) is 0.0508. The van der Waals surface area contributed by atoms with Crippen molar-refractivity contribution in [2.24, 2.45) is 5.73 Å². The summed E-state index contributed by atoms with van der Waals surface area (Å²) in [6.07, 6.45) is 5.91. The van der Waals surface area contributed by atoms with E-state index < -0.39 is 15.6 Å². The molecular formula is C19H30ClN3O4S. The van der Waals surface area contributed by atoms with Crippen LogP contribution in [0.15, 0.2) is 23.1 Å². The van der Waals surface area contributed by atoms with Gasteiger partial charge in [0.05, 0.1) is 12.1 Å². The van der Waals surface area contributed by atoms with Gasteiger partial charge in [-0.1, -0.05) is 19.3 Å². The number of nitrogens with one attached hydrogen (secondary N) is 1. The molecule has 0 spiro atoms. The highest BCUT2D eigenvalue weighted by Gasteiger charge is 2.37. The van der Waals surface area contributed by atoms with Crippen LogP contribution < -0.4 is 15.8 Å². The number of nitrogens with zero attached hydrogens (tertiary/aromatic N) is 1. The van der Waals surface area contributed by atoms with Crippen molar-refractivity contribution in [3.8, 4) is 5.75 Å². The molecule has 1 saturated heterocycles. The first-order valence-corrected chi connectivity index (χ1v) is 11.2. The van der Waals surface area contributed by atoms with Crippen molar-refractivity contribution < 1.29 is 17.9 Å². The molecule has 9 heteroatoms. The Balaban J connectivity index is 0.00000280. The largest absolute Gasteiger partial charge is 0.492 e. The van der Waals surface area contributed by atoms with Gasteiger partial charge in [-0.3, -0.25) is 4.79 Å². The number of piperidine rings is 1. The lowest BCUT2D eigenvalue weighted by molar-refractivity contribution is -0.121. The summed E-state index contributed by atoms with van der Waals surface area (Å²) < 4.78 is 33.3. The first-order valence-electron chi connectivity index (χ1n) is 9.74. The minimum Gasteiger partial charge on any atom is -0.492 e. The normalized spacial score (nSPS) is 19.6. The summed E-state index contributed by atoms with van der Waals surface area (Å²) in [6, 6.07) is 4.76. The molecule has 0 radical (unpaired) electrons. The zero-order chi connectivity index (χ0) is 19.5. The fourth-order valence-corrected chi connectivity index (χ4v) is 5.47. The molecule has 0 aromatic heterocycles. The van der Waals surface area contributed by atoms with Gasteiger partial charge in [-0.05, 0) is 50.8 Å². The molecule has 3 rings (SSSR count). The minimum atomic E-state index is -3.68. The molecule has 1 aliphatic heterocycles. The van der Waals surface area contributed by atoms with E-state index in [1.807, 2.05) is 6.92 Å². The van der Waals surface area contributed by atoms with E-state index in [9.17, 15) is 13.2 Å². The van der Waals surface area contributed by atoms with Gasteiger partial charge >= 0.3 is 0 Å². The maximum absolute atomic E-state index is 13.1. The van der Waals surface area contributed by atoms with Crippen LogP contribution >= 0.6 is 12.4 Å². The van der Waals surface area contributed by atoms with Crippen LogP contribution in [0, 0.1) is 0 Å². The Morgan fingerprint density at radius 2 is 1.82 bits per heavy atom. The molecule has 3 N–H and O–H groups in total. The lowest BCUT2D eigenvalue weighted by Crippen LogP contribution is -2.48. The number of carbonyl (C=O) groups excluding carboxylic acids is 1. The van der Waals surface area contributed by atoms with Crippen LogP contribution in [0.25, 0.3) is 0 Å². The second-order valence-corrected chi connectivity index (χ2v) is 9.28. The number of ether oxygens (including phenoxy) is 1. The van der Waals surface area contributed by atoms with Gasteiger partial charge in [0, 0.05) is 18.8 Å². The average molecular weight is 432 g/mol. The number of benzene rings is 1. The third-order valence-corrected chi connectivity index (χ3v) is 7.30. The van der Waals surface area contributed by atoms with Crippen LogP contribution in [0.1, 0.15) is 51.9 Å². The topological polar surface area (TPSA) is 102 Å². The fourth-order valence-electron chi connectivity index (χ4n) is 3.80. The van der Waals surface area contributed by atoms with Gasteiger partial charge < -0.3 is 15.8 Å². The summed E-state index contributed by atoms with van der Waals surface area (Å²) in [5.41, 5.74) is 5.76. The Morgan fingerprint density at radius 1 is 1.18 bits per heavy atom. The predicted molar refractivity (Wildman–Crippen MR) is 111 cm³/mol. The number of nitrogens with two attached hydrogens (primary N) is 1. The van der Waals surface area contributed by atoms with Crippen molar-refractivity contribution in [3.05, 3.63) is 18.2 Å². The molecule has 1 heterocycles. The highest BCUT2D eigenvalue weighted by molar-refractivity contribution is 7.89. The van der Waals surface area contributed by atoms with Gasteiger partial charge in [0.2, 0.25) is 15.9 Å². The smallest absolute Gasteiger partial charge is 0.246 e. The number of hydrogen-bond donors (Lipinski definition) is 2. The Morgan fingerprint density at radius 3 is 2.43 bits per heavy atom. The summed E-state index contributed by atoms with van der Waals surface area (Å²) in [6.45, 7) is 3.19. The molecule has 1 amide bonds. The summed E-state index contributed by atoms with van der Waals surface area (Å²) in [5, 5.41) is 2.81. The molecule has 0 bridgehead atoms. The lowest BCUT2D eigenvalue weighted by Gasteiger charge is -2.27.